The summed E-state index contributed by atoms with van der Waals surface area (Å²) < 4.78 is 38.5. The van der Waals surface area contributed by atoms with Gasteiger partial charge in [0.15, 0.2) is 11.5 Å². The molecule has 6 heteroatoms. The smallest absolute Gasteiger partial charge is 0.387 e. The van der Waals surface area contributed by atoms with Crippen LogP contribution in [0.2, 0.25) is 0 Å². The lowest BCUT2D eigenvalue weighted by molar-refractivity contribution is -0.0512. The Morgan fingerprint density at radius 2 is 2.05 bits per heavy atom. The minimum atomic E-state index is -2.96. The Morgan fingerprint density at radius 3 is 2.65 bits per heavy atom. The third-order valence-electron chi connectivity index (χ3n) is 2.33. The SMILES string of the molecule is CC/C=C/COC(=O)c1ccc(OC(F)F)c(OC)c1. The van der Waals surface area contributed by atoms with Gasteiger partial charge < -0.3 is 14.2 Å². The fourth-order valence-corrected chi connectivity index (χ4v) is 1.43. The van der Waals surface area contributed by atoms with Crippen molar-refractivity contribution in [3.8, 4) is 11.5 Å². The number of allylic oxidation sites excluding steroid dienone is 1. The first-order valence-electron chi connectivity index (χ1n) is 6.03. The lowest BCUT2D eigenvalue weighted by Crippen LogP contribution is -2.07. The van der Waals surface area contributed by atoms with Gasteiger partial charge in [0.05, 0.1) is 12.7 Å². The van der Waals surface area contributed by atoms with Crippen LogP contribution in [0.25, 0.3) is 0 Å². The van der Waals surface area contributed by atoms with Crippen molar-refractivity contribution in [1.29, 1.82) is 0 Å². The summed E-state index contributed by atoms with van der Waals surface area (Å²) in [5, 5.41) is 0. The van der Waals surface area contributed by atoms with Crippen LogP contribution in [-0.2, 0) is 4.74 Å². The van der Waals surface area contributed by atoms with E-state index in [0.29, 0.717) is 0 Å². The summed E-state index contributed by atoms with van der Waals surface area (Å²) in [6.45, 7) is -0.837. The van der Waals surface area contributed by atoms with E-state index in [1.807, 2.05) is 13.0 Å². The van der Waals surface area contributed by atoms with Gasteiger partial charge in [0, 0.05) is 0 Å². The fourth-order valence-electron chi connectivity index (χ4n) is 1.43. The largest absolute Gasteiger partial charge is 0.493 e. The van der Waals surface area contributed by atoms with Crippen LogP contribution in [0.15, 0.2) is 30.4 Å². The highest BCUT2D eigenvalue weighted by atomic mass is 19.3. The van der Waals surface area contributed by atoms with Crippen molar-refractivity contribution in [2.45, 2.75) is 20.0 Å². The minimum absolute atomic E-state index is 0.0452. The van der Waals surface area contributed by atoms with Crippen molar-refractivity contribution in [2.75, 3.05) is 13.7 Å². The van der Waals surface area contributed by atoms with Crippen LogP contribution in [0, 0.1) is 0 Å². The van der Waals surface area contributed by atoms with E-state index in [4.69, 9.17) is 9.47 Å². The summed E-state index contributed by atoms with van der Waals surface area (Å²) in [5.74, 6) is -0.651. The molecular formula is C14H16F2O4. The molecule has 0 saturated carbocycles. The summed E-state index contributed by atoms with van der Waals surface area (Å²) in [4.78, 5) is 11.7. The molecule has 0 radical (unpaired) electrons. The maximum Gasteiger partial charge on any atom is 0.387 e. The van der Waals surface area contributed by atoms with Gasteiger partial charge in [-0.2, -0.15) is 8.78 Å². The number of methoxy groups -OCH3 is 1. The predicted octanol–water partition coefficient (Wildman–Crippen LogP) is 3.42. The van der Waals surface area contributed by atoms with Crippen molar-refractivity contribution >= 4 is 5.97 Å². The zero-order chi connectivity index (χ0) is 15.0. The molecule has 0 aliphatic heterocycles. The normalized spacial score (nSPS) is 10.8. The topological polar surface area (TPSA) is 44.8 Å². The first kappa shape index (κ1) is 15.9. The van der Waals surface area contributed by atoms with Crippen molar-refractivity contribution in [2.24, 2.45) is 0 Å². The molecule has 0 heterocycles. The molecular weight excluding hydrogens is 270 g/mol. The van der Waals surface area contributed by atoms with Gasteiger partial charge in [-0.05, 0) is 24.6 Å². The van der Waals surface area contributed by atoms with Crippen molar-refractivity contribution in [3.05, 3.63) is 35.9 Å². The van der Waals surface area contributed by atoms with Gasteiger partial charge in [-0.3, -0.25) is 0 Å². The zero-order valence-electron chi connectivity index (χ0n) is 11.3. The molecule has 1 aromatic rings. The highest BCUT2D eigenvalue weighted by Crippen LogP contribution is 2.29. The van der Waals surface area contributed by atoms with Crippen molar-refractivity contribution < 1.29 is 27.8 Å². The number of benzene rings is 1. The number of alkyl halides is 2. The van der Waals surface area contributed by atoms with Gasteiger partial charge in [0.25, 0.3) is 0 Å². The molecule has 0 saturated heterocycles. The first-order valence-corrected chi connectivity index (χ1v) is 6.03. The molecule has 0 aliphatic carbocycles. The maximum atomic E-state index is 12.2. The molecule has 0 N–H and O–H groups in total. The Morgan fingerprint density at radius 1 is 1.30 bits per heavy atom. The molecule has 0 unspecified atom stereocenters. The third-order valence-corrected chi connectivity index (χ3v) is 2.33. The highest BCUT2D eigenvalue weighted by Gasteiger charge is 2.14. The molecule has 1 rings (SSSR count). The molecule has 0 spiro atoms. The van der Waals surface area contributed by atoms with Crippen LogP contribution < -0.4 is 9.47 Å². The van der Waals surface area contributed by atoms with Gasteiger partial charge in [-0.1, -0.05) is 19.1 Å². The van der Waals surface area contributed by atoms with E-state index in [1.54, 1.807) is 6.08 Å². The number of hydrogen-bond acceptors (Lipinski definition) is 4. The first-order chi connectivity index (χ1) is 9.58. The quantitative estimate of drug-likeness (QED) is 0.569. The maximum absolute atomic E-state index is 12.2. The Labute approximate surface area is 115 Å². The van der Waals surface area contributed by atoms with Crippen LogP contribution in [0.1, 0.15) is 23.7 Å². The average molecular weight is 286 g/mol. The van der Waals surface area contributed by atoms with Gasteiger partial charge in [-0.15, -0.1) is 0 Å². The zero-order valence-corrected chi connectivity index (χ0v) is 11.3. The molecule has 0 aliphatic rings. The van der Waals surface area contributed by atoms with Crippen molar-refractivity contribution in [1.82, 2.24) is 0 Å². The third kappa shape index (κ3) is 4.87. The Kier molecular flexibility index (Phi) is 6.49. The molecule has 110 valence electrons. The van der Waals surface area contributed by atoms with E-state index in [2.05, 4.69) is 4.74 Å². The lowest BCUT2D eigenvalue weighted by Gasteiger charge is -2.10. The van der Waals surface area contributed by atoms with E-state index in [9.17, 15) is 13.6 Å². The summed E-state index contributed by atoms with van der Waals surface area (Å²) in [7, 11) is 1.30. The number of esters is 1. The van der Waals surface area contributed by atoms with Gasteiger partial charge in [0.1, 0.15) is 6.61 Å². The molecule has 0 fully saturated rings. The monoisotopic (exact) mass is 286 g/mol. The Bertz CT molecular complexity index is 472. The fraction of sp³-hybridized carbons (Fsp3) is 0.357. The van der Waals surface area contributed by atoms with Crippen molar-refractivity contribution in [3.63, 3.8) is 0 Å². The molecule has 1 aromatic carbocycles. The second-order valence-electron chi connectivity index (χ2n) is 3.72. The second-order valence-corrected chi connectivity index (χ2v) is 3.72. The predicted molar refractivity (Wildman–Crippen MR) is 69.3 cm³/mol. The minimum Gasteiger partial charge on any atom is -0.493 e. The number of carbonyl (C=O) groups is 1. The Hall–Kier alpha value is -2.11. The summed E-state index contributed by atoms with van der Waals surface area (Å²) in [6, 6.07) is 3.87. The number of ether oxygens (including phenoxy) is 3. The summed E-state index contributed by atoms with van der Waals surface area (Å²) in [5.41, 5.74) is 0.202. The van der Waals surface area contributed by atoms with Crippen LogP contribution in [0.4, 0.5) is 8.78 Å². The molecule has 20 heavy (non-hydrogen) atoms. The lowest BCUT2D eigenvalue weighted by atomic mass is 10.2. The number of rotatable bonds is 7. The van der Waals surface area contributed by atoms with Crippen LogP contribution in [-0.4, -0.2) is 26.3 Å². The number of carbonyl (C=O) groups excluding carboxylic acids is 1. The molecule has 0 atom stereocenters. The molecule has 4 nitrogen and oxygen atoms in total. The molecule has 0 aromatic heterocycles. The van der Waals surface area contributed by atoms with Crippen LogP contribution in [0.3, 0.4) is 0 Å². The van der Waals surface area contributed by atoms with E-state index in [0.717, 1.165) is 6.42 Å². The van der Waals surface area contributed by atoms with E-state index < -0.39 is 12.6 Å². The highest BCUT2D eigenvalue weighted by molar-refractivity contribution is 5.90. The van der Waals surface area contributed by atoms with E-state index in [-0.39, 0.29) is 23.7 Å². The van der Waals surface area contributed by atoms with E-state index in [1.165, 1.54) is 25.3 Å². The Balaban J connectivity index is 2.76. The average Bonchev–Trinajstić information content (AvgIpc) is 2.43. The second kappa shape index (κ2) is 8.14. The number of halogens is 2. The van der Waals surface area contributed by atoms with Crippen LogP contribution in [0.5, 0.6) is 11.5 Å². The molecule has 0 amide bonds. The summed E-state index contributed by atoms with van der Waals surface area (Å²) >= 11 is 0. The number of hydrogen-bond donors (Lipinski definition) is 0. The standard InChI is InChI=1S/C14H16F2O4/c1-3-4-5-8-19-13(17)10-6-7-11(20-14(15)16)12(9-10)18-2/h4-7,9,14H,3,8H2,1-2H3/b5-4+. The summed E-state index contributed by atoms with van der Waals surface area (Å²) in [6.07, 6.45) is 4.45. The van der Waals surface area contributed by atoms with Gasteiger partial charge in [0.2, 0.25) is 0 Å². The van der Waals surface area contributed by atoms with E-state index >= 15 is 0 Å². The molecule has 0 bridgehead atoms. The van der Waals surface area contributed by atoms with Gasteiger partial charge >= 0.3 is 12.6 Å². The van der Waals surface area contributed by atoms with Crippen LogP contribution >= 0.6 is 0 Å². The van der Waals surface area contributed by atoms with Gasteiger partial charge in [-0.25, -0.2) is 4.79 Å².